The Kier molecular flexibility index (Phi) is 8.42. The van der Waals surface area contributed by atoms with Gasteiger partial charge in [-0.3, -0.25) is 9.69 Å². The molecule has 1 aromatic rings. The lowest BCUT2D eigenvalue weighted by Crippen LogP contribution is -2.51. The van der Waals surface area contributed by atoms with Crippen molar-refractivity contribution in [2.24, 2.45) is 5.73 Å². The summed E-state index contributed by atoms with van der Waals surface area (Å²) in [5.74, 6) is 0.0492. The van der Waals surface area contributed by atoms with Gasteiger partial charge in [-0.05, 0) is 18.4 Å². The molecule has 5 nitrogen and oxygen atoms in total. The van der Waals surface area contributed by atoms with Crippen LogP contribution in [-0.4, -0.2) is 49.7 Å². The molecule has 2 unspecified atom stereocenters. The lowest BCUT2D eigenvalue weighted by Gasteiger charge is -2.37. The molecule has 22 heavy (non-hydrogen) atoms. The van der Waals surface area contributed by atoms with Crippen molar-refractivity contribution in [3.05, 3.63) is 35.9 Å². The van der Waals surface area contributed by atoms with E-state index in [9.17, 15) is 4.79 Å². The number of ether oxygens (including phenoxy) is 1. The molecule has 2 rings (SSSR count). The van der Waals surface area contributed by atoms with Crippen molar-refractivity contribution >= 4 is 18.3 Å². The van der Waals surface area contributed by atoms with Crippen LogP contribution in [0.4, 0.5) is 0 Å². The van der Waals surface area contributed by atoms with Crippen LogP contribution in [0.5, 0.6) is 0 Å². The molecule has 1 fully saturated rings. The normalized spacial score (nSPS) is 21.9. The van der Waals surface area contributed by atoms with Crippen LogP contribution in [0.2, 0.25) is 0 Å². The summed E-state index contributed by atoms with van der Waals surface area (Å²) in [6, 6.07) is 10.2. The van der Waals surface area contributed by atoms with E-state index < -0.39 is 0 Å². The molecule has 1 aromatic carbocycles. The first-order valence-corrected chi connectivity index (χ1v) is 7.50. The smallest absolute Gasteiger partial charge is 0.234 e. The Morgan fingerprint density at radius 3 is 2.77 bits per heavy atom. The van der Waals surface area contributed by atoms with Crippen LogP contribution < -0.4 is 11.1 Å². The zero-order chi connectivity index (χ0) is 15.1. The Morgan fingerprint density at radius 2 is 2.14 bits per heavy atom. The molecule has 3 N–H and O–H groups in total. The van der Waals surface area contributed by atoms with Gasteiger partial charge in [-0.2, -0.15) is 0 Å². The summed E-state index contributed by atoms with van der Waals surface area (Å²) >= 11 is 0. The highest BCUT2D eigenvalue weighted by molar-refractivity contribution is 5.85. The Hall–Kier alpha value is -1.14. The number of carbonyl (C=O) groups is 1. The number of nitrogens with two attached hydrogens (primary N) is 1. The summed E-state index contributed by atoms with van der Waals surface area (Å²) < 4.78 is 5.40. The zero-order valence-corrected chi connectivity index (χ0v) is 13.8. The van der Waals surface area contributed by atoms with Crippen molar-refractivity contribution in [2.45, 2.75) is 31.5 Å². The molecule has 1 heterocycles. The van der Waals surface area contributed by atoms with Crippen molar-refractivity contribution in [1.29, 1.82) is 0 Å². The van der Waals surface area contributed by atoms with E-state index in [-0.39, 0.29) is 30.5 Å². The molecule has 124 valence electrons. The van der Waals surface area contributed by atoms with Gasteiger partial charge in [0.2, 0.25) is 5.91 Å². The number of hydrogen-bond acceptors (Lipinski definition) is 4. The molecule has 1 amide bonds. The monoisotopic (exact) mass is 327 g/mol. The van der Waals surface area contributed by atoms with Crippen LogP contribution in [0.15, 0.2) is 30.3 Å². The molecule has 1 aliphatic rings. The predicted octanol–water partition coefficient (Wildman–Crippen LogP) is 1.16. The minimum absolute atomic E-state index is 0. The second kappa shape index (κ2) is 9.79. The molecule has 0 spiro atoms. The number of piperidine rings is 1. The number of carbonyl (C=O) groups excluding carboxylic acids is 1. The fraction of sp³-hybridized carbons (Fsp3) is 0.562. The molecule has 0 aromatic heterocycles. The summed E-state index contributed by atoms with van der Waals surface area (Å²) in [4.78, 5) is 14.2. The fourth-order valence-corrected chi connectivity index (χ4v) is 2.77. The van der Waals surface area contributed by atoms with Gasteiger partial charge in [-0.1, -0.05) is 30.3 Å². The number of rotatable bonds is 6. The lowest BCUT2D eigenvalue weighted by atomic mass is 9.99. The third-order valence-corrected chi connectivity index (χ3v) is 4.07. The van der Waals surface area contributed by atoms with E-state index in [1.165, 1.54) is 0 Å². The van der Waals surface area contributed by atoms with Gasteiger partial charge in [-0.15, -0.1) is 12.4 Å². The van der Waals surface area contributed by atoms with Crippen LogP contribution in [0, 0.1) is 0 Å². The van der Waals surface area contributed by atoms with Gasteiger partial charge < -0.3 is 15.8 Å². The predicted molar refractivity (Wildman–Crippen MR) is 90.0 cm³/mol. The number of nitrogens with one attached hydrogen (secondary N) is 1. The summed E-state index contributed by atoms with van der Waals surface area (Å²) in [6.45, 7) is 2.40. The minimum atomic E-state index is 0. The Balaban J connectivity index is 0.00000242. The lowest BCUT2D eigenvalue weighted by molar-refractivity contribution is -0.124. The van der Waals surface area contributed by atoms with E-state index in [0.29, 0.717) is 19.6 Å². The molecule has 1 saturated heterocycles. The third-order valence-electron chi connectivity index (χ3n) is 4.07. The molecule has 0 aliphatic carbocycles. The van der Waals surface area contributed by atoms with Crippen LogP contribution in [-0.2, 0) is 16.1 Å². The second-order valence-corrected chi connectivity index (χ2v) is 5.50. The van der Waals surface area contributed by atoms with Crippen LogP contribution in [0.3, 0.4) is 0 Å². The van der Waals surface area contributed by atoms with E-state index >= 15 is 0 Å². The summed E-state index contributed by atoms with van der Waals surface area (Å²) in [7, 11) is 1.74. The van der Waals surface area contributed by atoms with Gasteiger partial charge in [0.05, 0.1) is 12.6 Å². The number of likely N-dealkylation sites (tertiary alicyclic amines) is 1. The Morgan fingerprint density at radius 1 is 1.41 bits per heavy atom. The van der Waals surface area contributed by atoms with Crippen LogP contribution in [0.1, 0.15) is 18.4 Å². The van der Waals surface area contributed by atoms with Crippen molar-refractivity contribution < 1.29 is 9.53 Å². The summed E-state index contributed by atoms with van der Waals surface area (Å²) in [6.07, 6.45) is 2.12. The maximum atomic E-state index is 12.1. The first-order chi connectivity index (χ1) is 10.2. The van der Waals surface area contributed by atoms with Crippen molar-refractivity contribution in [3.8, 4) is 0 Å². The first-order valence-electron chi connectivity index (χ1n) is 7.50. The molecular formula is C16H26ClN3O2. The number of amides is 1. The van der Waals surface area contributed by atoms with Gasteiger partial charge in [0.1, 0.15) is 0 Å². The quantitative estimate of drug-likeness (QED) is 0.823. The molecule has 0 saturated carbocycles. The highest BCUT2D eigenvalue weighted by atomic mass is 35.5. The van der Waals surface area contributed by atoms with Crippen LogP contribution >= 0.6 is 12.4 Å². The maximum absolute atomic E-state index is 12.1. The number of benzene rings is 1. The molecule has 0 radical (unpaired) electrons. The van der Waals surface area contributed by atoms with Gasteiger partial charge in [0, 0.05) is 32.8 Å². The zero-order valence-electron chi connectivity index (χ0n) is 13.0. The summed E-state index contributed by atoms with van der Waals surface area (Å²) in [5.41, 5.74) is 6.93. The minimum Gasteiger partial charge on any atom is -0.381 e. The molecular weight excluding hydrogens is 302 g/mol. The Labute approximate surface area is 138 Å². The van der Waals surface area contributed by atoms with E-state index in [0.717, 1.165) is 24.9 Å². The first kappa shape index (κ1) is 18.9. The summed E-state index contributed by atoms with van der Waals surface area (Å²) in [5, 5.41) is 2.96. The van der Waals surface area contributed by atoms with Gasteiger partial charge in [0.25, 0.3) is 0 Å². The topological polar surface area (TPSA) is 67.6 Å². The largest absolute Gasteiger partial charge is 0.381 e. The average Bonchev–Trinajstić information content (AvgIpc) is 2.54. The highest BCUT2D eigenvalue weighted by Gasteiger charge is 2.28. The number of methoxy groups -OCH3 is 1. The maximum Gasteiger partial charge on any atom is 0.234 e. The van der Waals surface area contributed by atoms with Crippen molar-refractivity contribution in [3.63, 3.8) is 0 Å². The highest BCUT2D eigenvalue weighted by Crippen LogP contribution is 2.18. The Bertz CT molecular complexity index is 444. The van der Waals surface area contributed by atoms with E-state index in [4.69, 9.17) is 10.5 Å². The molecule has 2 atom stereocenters. The SMILES string of the molecule is COC1CCN(CC(=O)NCc2ccccc2)C(CN)C1.Cl. The van der Waals surface area contributed by atoms with Crippen LogP contribution in [0.25, 0.3) is 0 Å². The van der Waals surface area contributed by atoms with Crippen molar-refractivity contribution in [2.75, 3.05) is 26.7 Å². The number of nitrogens with zero attached hydrogens (tertiary/aromatic N) is 1. The fourth-order valence-electron chi connectivity index (χ4n) is 2.77. The standard InChI is InChI=1S/C16H25N3O2.ClH/c1-21-15-7-8-19(14(9-15)10-17)12-16(20)18-11-13-5-3-2-4-6-13;/h2-6,14-15H,7-12,17H2,1H3,(H,18,20);1H. The second-order valence-electron chi connectivity index (χ2n) is 5.50. The number of hydrogen-bond donors (Lipinski definition) is 2. The molecule has 0 bridgehead atoms. The van der Waals surface area contributed by atoms with E-state index in [1.807, 2.05) is 30.3 Å². The van der Waals surface area contributed by atoms with E-state index in [1.54, 1.807) is 7.11 Å². The average molecular weight is 328 g/mol. The molecule has 1 aliphatic heterocycles. The van der Waals surface area contributed by atoms with Gasteiger partial charge >= 0.3 is 0 Å². The van der Waals surface area contributed by atoms with Gasteiger partial charge in [-0.25, -0.2) is 0 Å². The molecule has 6 heteroatoms. The van der Waals surface area contributed by atoms with Crippen molar-refractivity contribution in [1.82, 2.24) is 10.2 Å². The van der Waals surface area contributed by atoms with Gasteiger partial charge in [0.15, 0.2) is 0 Å². The number of halogens is 1. The third kappa shape index (κ3) is 5.57. The van der Waals surface area contributed by atoms with E-state index in [2.05, 4.69) is 10.2 Å².